The fraction of sp³-hybridized carbons (Fsp3) is 0.684. The molecule has 0 bridgehead atoms. The smallest absolute Gasteiger partial charge is 0.293 e. The largest absolute Gasteiger partial charge is 0.355 e. The van der Waals surface area contributed by atoms with Crippen molar-refractivity contribution in [2.45, 2.75) is 38.0 Å². The number of hydrogen-bond donors (Lipinski definition) is 1. The number of rotatable bonds is 6. The molecule has 2 saturated heterocycles. The zero-order valence-electron chi connectivity index (χ0n) is 16.8. The third-order valence-corrected chi connectivity index (χ3v) is 7.68. The highest BCUT2D eigenvalue weighted by Crippen LogP contribution is 2.33. The topological polar surface area (TPSA) is 88.2 Å². The van der Waals surface area contributed by atoms with E-state index < -0.39 is 14.9 Å². The number of nitrogens with zero attached hydrogens (tertiary/aromatic N) is 3. The molecule has 1 aromatic rings. The Morgan fingerprint density at radius 1 is 1.25 bits per heavy atom. The van der Waals surface area contributed by atoms with Gasteiger partial charge in [-0.25, -0.2) is 8.42 Å². The molecule has 9 heteroatoms. The Kier molecular flexibility index (Phi) is 6.57. The van der Waals surface area contributed by atoms with Gasteiger partial charge in [0.1, 0.15) is 5.69 Å². The van der Waals surface area contributed by atoms with Crippen molar-refractivity contribution < 1.29 is 18.2 Å². The molecule has 1 N–H and O–H groups in total. The van der Waals surface area contributed by atoms with E-state index in [2.05, 4.69) is 6.92 Å². The normalized spacial score (nSPS) is 22.4. The molecule has 2 aliphatic rings. The lowest BCUT2D eigenvalue weighted by molar-refractivity contribution is -0.900. The van der Waals surface area contributed by atoms with Gasteiger partial charge in [-0.2, -0.15) is 4.31 Å². The number of piperidine rings is 1. The number of piperazine rings is 1. The van der Waals surface area contributed by atoms with Crippen LogP contribution in [0.15, 0.2) is 23.1 Å². The predicted molar refractivity (Wildman–Crippen MR) is 108 cm³/mol. The molecule has 2 heterocycles. The zero-order valence-corrected chi connectivity index (χ0v) is 17.6. The average molecular weight is 412 g/mol. The molecule has 8 nitrogen and oxygen atoms in total. The summed E-state index contributed by atoms with van der Waals surface area (Å²) in [5.74, 6) is 0.305. The maximum Gasteiger partial charge on any atom is 0.293 e. The molecular weight excluding hydrogens is 380 g/mol. The first kappa shape index (κ1) is 21.0. The standard InChI is InChI=1S/C19H30N4O4S/c1-3-8-20-10-12-21(13-11-20)18-7-6-17(14-19(18)23(24)25)28(26,27)22-9-4-5-16(2)15-22/h6-7,14,16H,3-5,8-13,15H2,1-2H3/p+1/t16-/m0/s1. The van der Waals surface area contributed by atoms with E-state index in [1.807, 2.05) is 11.8 Å². The van der Waals surface area contributed by atoms with E-state index >= 15 is 0 Å². The van der Waals surface area contributed by atoms with Crippen LogP contribution in [-0.4, -0.2) is 63.5 Å². The highest BCUT2D eigenvalue weighted by molar-refractivity contribution is 7.89. The summed E-state index contributed by atoms with van der Waals surface area (Å²) in [5.41, 5.74) is 0.400. The third-order valence-electron chi connectivity index (χ3n) is 5.82. The summed E-state index contributed by atoms with van der Waals surface area (Å²) >= 11 is 0. The van der Waals surface area contributed by atoms with Gasteiger partial charge in [0.15, 0.2) is 0 Å². The molecule has 0 spiro atoms. The minimum absolute atomic E-state index is 0.0206. The molecule has 0 saturated carbocycles. The molecule has 0 amide bonds. The summed E-state index contributed by atoms with van der Waals surface area (Å²) in [6.45, 7) is 9.62. The molecule has 2 fully saturated rings. The van der Waals surface area contributed by atoms with Gasteiger partial charge in [-0.05, 0) is 37.3 Å². The van der Waals surface area contributed by atoms with E-state index in [9.17, 15) is 18.5 Å². The molecule has 0 aromatic heterocycles. The minimum atomic E-state index is -3.71. The second-order valence-corrected chi connectivity index (χ2v) is 9.94. The van der Waals surface area contributed by atoms with Crippen molar-refractivity contribution in [1.29, 1.82) is 0 Å². The monoisotopic (exact) mass is 411 g/mol. The highest BCUT2D eigenvalue weighted by atomic mass is 32.2. The maximum absolute atomic E-state index is 13.0. The van der Waals surface area contributed by atoms with E-state index in [4.69, 9.17) is 0 Å². The number of benzene rings is 1. The number of sulfonamides is 1. The molecule has 0 radical (unpaired) electrons. The van der Waals surface area contributed by atoms with Crippen LogP contribution in [0.25, 0.3) is 0 Å². The van der Waals surface area contributed by atoms with E-state index in [0.717, 1.165) is 52.0 Å². The second-order valence-electron chi connectivity index (χ2n) is 8.01. The number of nitrogens with one attached hydrogen (secondary N) is 1. The van der Waals surface area contributed by atoms with Crippen molar-refractivity contribution in [2.75, 3.05) is 50.7 Å². The number of anilines is 1. The van der Waals surface area contributed by atoms with Crippen molar-refractivity contribution in [1.82, 2.24) is 4.31 Å². The van der Waals surface area contributed by atoms with Gasteiger partial charge in [0, 0.05) is 19.2 Å². The molecule has 0 unspecified atom stereocenters. The van der Waals surface area contributed by atoms with Crippen LogP contribution >= 0.6 is 0 Å². The van der Waals surface area contributed by atoms with Gasteiger partial charge >= 0.3 is 0 Å². The summed E-state index contributed by atoms with van der Waals surface area (Å²) in [7, 11) is -3.71. The number of nitro groups is 1. The predicted octanol–water partition coefficient (Wildman–Crippen LogP) is 1.13. The quantitative estimate of drug-likeness (QED) is 0.560. The Balaban J connectivity index is 1.84. The van der Waals surface area contributed by atoms with Crippen LogP contribution in [-0.2, 0) is 10.0 Å². The summed E-state index contributed by atoms with van der Waals surface area (Å²) in [6.07, 6.45) is 2.96. The molecule has 156 valence electrons. The van der Waals surface area contributed by atoms with E-state index in [1.165, 1.54) is 21.3 Å². The average Bonchev–Trinajstić information content (AvgIpc) is 2.68. The van der Waals surface area contributed by atoms with E-state index in [1.54, 1.807) is 6.07 Å². The molecule has 28 heavy (non-hydrogen) atoms. The molecule has 0 aliphatic carbocycles. The van der Waals surface area contributed by atoms with Gasteiger partial charge in [0.05, 0.1) is 42.5 Å². The highest BCUT2D eigenvalue weighted by Gasteiger charge is 2.32. The number of hydrogen-bond acceptors (Lipinski definition) is 5. The minimum Gasteiger partial charge on any atom is -0.355 e. The first-order valence-electron chi connectivity index (χ1n) is 10.2. The number of nitro benzene ring substituents is 1. The summed E-state index contributed by atoms with van der Waals surface area (Å²) in [6, 6.07) is 4.39. The lowest BCUT2D eigenvalue weighted by atomic mass is 10.0. The van der Waals surface area contributed by atoms with Gasteiger partial charge in [-0.3, -0.25) is 10.1 Å². The zero-order chi connectivity index (χ0) is 20.3. The Hall–Kier alpha value is -1.71. The molecule has 3 rings (SSSR count). The van der Waals surface area contributed by atoms with Crippen LogP contribution in [0, 0.1) is 16.0 Å². The van der Waals surface area contributed by atoms with Gasteiger partial charge < -0.3 is 9.80 Å². The molecule has 2 aliphatic heterocycles. The first-order chi connectivity index (χ1) is 13.3. The third kappa shape index (κ3) is 4.47. The maximum atomic E-state index is 13.0. The molecular formula is C19H31N4O4S+. The van der Waals surface area contributed by atoms with E-state index in [-0.39, 0.29) is 10.6 Å². The van der Waals surface area contributed by atoms with Crippen molar-refractivity contribution >= 4 is 21.4 Å². The summed E-state index contributed by atoms with van der Waals surface area (Å²) in [5, 5.41) is 11.7. The Bertz CT molecular complexity index is 806. The van der Waals surface area contributed by atoms with Gasteiger partial charge in [0.25, 0.3) is 5.69 Å². The summed E-state index contributed by atoms with van der Waals surface area (Å²) < 4.78 is 27.5. The van der Waals surface area contributed by atoms with E-state index in [0.29, 0.717) is 24.7 Å². The van der Waals surface area contributed by atoms with Gasteiger partial charge in [-0.15, -0.1) is 0 Å². The van der Waals surface area contributed by atoms with Crippen LogP contribution in [0.1, 0.15) is 33.1 Å². The second kappa shape index (κ2) is 8.75. The molecule has 1 atom stereocenters. The van der Waals surface area contributed by atoms with Crippen LogP contribution < -0.4 is 9.80 Å². The lowest BCUT2D eigenvalue weighted by Crippen LogP contribution is -3.14. The van der Waals surface area contributed by atoms with Gasteiger partial charge in [0.2, 0.25) is 10.0 Å². The van der Waals surface area contributed by atoms with Crippen molar-refractivity contribution in [3.8, 4) is 0 Å². The Morgan fingerprint density at radius 3 is 2.57 bits per heavy atom. The fourth-order valence-corrected chi connectivity index (χ4v) is 5.88. The van der Waals surface area contributed by atoms with Crippen molar-refractivity contribution in [2.24, 2.45) is 5.92 Å². The SMILES string of the molecule is CCC[NH+]1CCN(c2ccc(S(=O)(=O)N3CCC[C@H](C)C3)cc2[N+](=O)[O-])CC1. The molecule has 1 aromatic carbocycles. The Labute approximate surface area is 167 Å². The summed E-state index contributed by atoms with van der Waals surface area (Å²) in [4.78, 5) is 14.8. The van der Waals surface area contributed by atoms with Crippen LogP contribution in [0.2, 0.25) is 0 Å². The lowest BCUT2D eigenvalue weighted by Gasteiger charge is -2.33. The Morgan fingerprint density at radius 2 is 1.96 bits per heavy atom. The van der Waals surface area contributed by atoms with Crippen LogP contribution in [0.5, 0.6) is 0 Å². The van der Waals surface area contributed by atoms with Crippen LogP contribution in [0.4, 0.5) is 11.4 Å². The van der Waals surface area contributed by atoms with Crippen molar-refractivity contribution in [3.05, 3.63) is 28.3 Å². The van der Waals surface area contributed by atoms with Crippen LogP contribution in [0.3, 0.4) is 0 Å². The number of quaternary nitrogens is 1. The van der Waals surface area contributed by atoms with Gasteiger partial charge in [-0.1, -0.05) is 13.8 Å². The fourth-order valence-electron chi connectivity index (χ4n) is 4.26. The van der Waals surface area contributed by atoms with Crippen molar-refractivity contribution in [3.63, 3.8) is 0 Å². The first-order valence-corrected chi connectivity index (χ1v) is 11.6.